The summed E-state index contributed by atoms with van der Waals surface area (Å²) in [5, 5.41) is 0. The quantitative estimate of drug-likeness (QED) is 0.572. The zero-order valence-corrected chi connectivity index (χ0v) is 15.6. The molecule has 1 fully saturated rings. The number of hydrogen-bond acceptors (Lipinski definition) is 3. The van der Waals surface area contributed by atoms with E-state index in [1.807, 2.05) is 0 Å². The van der Waals surface area contributed by atoms with Crippen molar-refractivity contribution in [3.63, 3.8) is 0 Å². The van der Waals surface area contributed by atoms with Crippen LogP contribution in [-0.2, 0) is 15.7 Å². The molecule has 0 atom stereocenters. The van der Waals surface area contributed by atoms with Gasteiger partial charge in [0.25, 0.3) is 0 Å². The average Bonchev–Trinajstić information content (AvgIpc) is 2.75. The van der Waals surface area contributed by atoms with Gasteiger partial charge in [0.1, 0.15) is 5.75 Å². The monoisotopic (exact) mass is 328 g/mol. The summed E-state index contributed by atoms with van der Waals surface area (Å²) >= 11 is 0. The van der Waals surface area contributed by atoms with Crippen LogP contribution in [0.3, 0.4) is 0 Å². The van der Waals surface area contributed by atoms with Crippen molar-refractivity contribution in [2.45, 2.75) is 71.5 Å². The number of unbranched alkanes of at least 4 members (excludes halogenated alkanes) is 1. The fraction of sp³-hybridized carbons (Fsp3) is 0.600. The third-order valence-corrected chi connectivity index (χ3v) is 5.46. The summed E-state index contributed by atoms with van der Waals surface area (Å²) in [7, 11) is -0.233. The number of fused-ring (bicyclic) bond motifs is 1. The lowest BCUT2D eigenvalue weighted by Gasteiger charge is -2.32. The Morgan fingerprint density at radius 2 is 1.79 bits per heavy atom. The Bertz CT molecular complexity index is 618. The predicted octanol–water partition coefficient (Wildman–Crippen LogP) is 4.83. The maximum absolute atomic E-state index is 6.19. The van der Waals surface area contributed by atoms with E-state index in [1.54, 1.807) is 0 Å². The molecule has 2 aliphatic rings. The lowest BCUT2D eigenvalue weighted by Crippen LogP contribution is -2.41. The van der Waals surface area contributed by atoms with E-state index in [9.17, 15) is 0 Å². The zero-order valence-electron chi connectivity index (χ0n) is 15.6. The number of hydrogen-bond donors (Lipinski definition) is 0. The van der Waals surface area contributed by atoms with Gasteiger partial charge in [-0.15, -0.1) is 0 Å². The predicted molar refractivity (Wildman–Crippen MR) is 99.2 cm³/mol. The van der Waals surface area contributed by atoms with Crippen LogP contribution in [0.2, 0.25) is 0 Å². The van der Waals surface area contributed by atoms with Crippen molar-refractivity contribution in [1.82, 2.24) is 0 Å². The molecule has 0 saturated carbocycles. The number of aryl methyl sites for hydroxylation is 1. The highest BCUT2D eigenvalue weighted by atomic mass is 16.7. The molecule has 130 valence electrons. The van der Waals surface area contributed by atoms with Crippen LogP contribution in [0.1, 0.15) is 65.0 Å². The Kier molecular flexibility index (Phi) is 4.81. The van der Waals surface area contributed by atoms with Crippen molar-refractivity contribution in [3.8, 4) is 5.75 Å². The van der Waals surface area contributed by atoms with Crippen LogP contribution < -0.4 is 4.74 Å². The summed E-state index contributed by atoms with van der Waals surface area (Å²) in [5.74, 6) is 0.981. The minimum absolute atomic E-state index is 0.233. The minimum atomic E-state index is -0.282. The van der Waals surface area contributed by atoms with Gasteiger partial charge in [-0.2, -0.15) is 0 Å². The molecule has 0 spiro atoms. The van der Waals surface area contributed by atoms with Crippen LogP contribution in [0, 0.1) is 0 Å². The molecule has 1 aliphatic heterocycles. The van der Waals surface area contributed by atoms with Gasteiger partial charge in [-0.05, 0) is 75.7 Å². The molecular formula is C20H29BO3. The van der Waals surface area contributed by atoms with Gasteiger partial charge < -0.3 is 14.0 Å². The molecule has 0 bridgehead atoms. The molecule has 0 N–H and O–H groups in total. The highest BCUT2D eigenvalue weighted by Crippen LogP contribution is 2.40. The van der Waals surface area contributed by atoms with E-state index in [-0.39, 0.29) is 18.3 Å². The SMILES string of the molecule is CCCCOc1ccc2c(c1)CCC(B1OC(C)(C)C(C)(C)O1)=C2. The molecule has 1 saturated heterocycles. The van der Waals surface area contributed by atoms with Gasteiger partial charge in [-0.1, -0.05) is 25.5 Å². The molecule has 0 radical (unpaired) electrons. The summed E-state index contributed by atoms with van der Waals surface area (Å²) in [6.07, 6.45) is 6.48. The summed E-state index contributed by atoms with van der Waals surface area (Å²) < 4.78 is 18.2. The van der Waals surface area contributed by atoms with E-state index >= 15 is 0 Å². The minimum Gasteiger partial charge on any atom is -0.494 e. The van der Waals surface area contributed by atoms with Crippen molar-refractivity contribution in [1.29, 1.82) is 0 Å². The molecule has 0 aromatic heterocycles. The number of rotatable bonds is 5. The Morgan fingerprint density at radius 1 is 1.08 bits per heavy atom. The molecule has 1 heterocycles. The van der Waals surface area contributed by atoms with Crippen LogP contribution in [-0.4, -0.2) is 24.9 Å². The fourth-order valence-electron chi connectivity index (χ4n) is 3.09. The Labute approximate surface area is 146 Å². The number of ether oxygens (including phenoxy) is 1. The summed E-state index contributed by atoms with van der Waals surface area (Å²) in [6.45, 7) is 11.4. The largest absolute Gasteiger partial charge is 0.494 e. The van der Waals surface area contributed by atoms with Crippen molar-refractivity contribution < 1.29 is 14.0 Å². The Balaban J connectivity index is 1.74. The molecule has 4 heteroatoms. The Morgan fingerprint density at radius 3 is 2.46 bits per heavy atom. The zero-order chi connectivity index (χ0) is 17.4. The van der Waals surface area contributed by atoms with Crippen molar-refractivity contribution in [2.75, 3.05) is 6.61 Å². The van der Waals surface area contributed by atoms with Gasteiger partial charge in [0, 0.05) is 0 Å². The van der Waals surface area contributed by atoms with Gasteiger partial charge in [0.05, 0.1) is 17.8 Å². The maximum Gasteiger partial charge on any atom is 0.490 e. The van der Waals surface area contributed by atoms with Gasteiger partial charge >= 0.3 is 7.12 Å². The van der Waals surface area contributed by atoms with Crippen LogP contribution in [0.4, 0.5) is 0 Å². The molecule has 0 amide bonds. The molecule has 3 nitrogen and oxygen atoms in total. The molecule has 1 aliphatic carbocycles. The van der Waals surface area contributed by atoms with E-state index < -0.39 is 0 Å². The average molecular weight is 328 g/mol. The molecule has 1 aromatic rings. The van der Waals surface area contributed by atoms with Gasteiger partial charge in [0.2, 0.25) is 0 Å². The number of benzene rings is 1. The molecule has 24 heavy (non-hydrogen) atoms. The molecule has 3 rings (SSSR count). The van der Waals surface area contributed by atoms with Gasteiger partial charge in [0.15, 0.2) is 0 Å². The van der Waals surface area contributed by atoms with Crippen molar-refractivity contribution >= 4 is 13.2 Å². The van der Waals surface area contributed by atoms with E-state index in [0.29, 0.717) is 0 Å². The van der Waals surface area contributed by atoms with Gasteiger partial charge in [-0.3, -0.25) is 0 Å². The van der Waals surface area contributed by atoms with Gasteiger partial charge in [-0.25, -0.2) is 0 Å². The first kappa shape index (κ1) is 17.6. The van der Waals surface area contributed by atoms with Crippen LogP contribution in [0.5, 0.6) is 5.75 Å². The first-order chi connectivity index (χ1) is 11.3. The van der Waals surface area contributed by atoms with E-state index in [2.05, 4.69) is 58.9 Å². The van der Waals surface area contributed by atoms with E-state index in [0.717, 1.165) is 38.0 Å². The second-order valence-electron chi connectivity index (χ2n) is 7.87. The van der Waals surface area contributed by atoms with Crippen molar-refractivity contribution in [3.05, 3.63) is 34.8 Å². The fourth-order valence-corrected chi connectivity index (χ4v) is 3.09. The van der Waals surface area contributed by atoms with Crippen LogP contribution >= 0.6 is 0 Å². The summed E-state index contributed by atoms with van der Waals surface area (Å²) in [4.78, 5) is 0. The van der Waals surface area contributed by atoms with E-state index in [4.69, 9.17) is 14.0 Å². The third-order valence-electron chi connectivity index (χ3n) is 5.46. The first-order valence-corrected chi connectivity index (χ1v) is 9.14. The van der Waals surface area contributed by atoms with E-state index in [1.165, 1.54) is 16.6 Å². The third kappa shape index (κ3) is 3.40. The highest BCUT2D eigenvalue weighted by Gasteiger charge is 2.52. The maximum atomic E-state index is 6.19. The topological polar surface area (TPSA) is 27.7 Å². The standard InChI is InChI=1S/C20H29BO3/c1-6-7-12-22-18-11-9-15-13-17(10-8-16(15)14-18)21-23-19(2,3)20(4,5)24-21/h9,11,13-14H,6-8,10,12H2,1-5H3. The highest BCUT2D eigenvalue weighted by molar-refractivity contribution is 6.55. The normalized spacial score (nSPS) is 21.4. The van der Waals surface area contributed by atoms with Crippen LogP contribution in [0.25, 0.3) is 6.08 Å². The van der Waals surface area contributed by atoms with Crippen LogP contribution in [0.15, 0.2) is 23.7 Å². The second kappa shape index (κ2) is 6.57. The second-order valence-corrected chi connectivity index (χ2v) is 7.87. The molecule has 1 aromatic carbocycles. The molecular weight excluding hydrogens is 299 g/mol. The van der Waals surface area contributed by atoms with Crippen molar-refractivity contribution in [2.24, 2.45) is 0 Å². The number of allylic oxidation sites excluding steroid dienone is 1. The molecule has 0 unspecified atom stereocenters. The Hall–Kier alpha value is -1.26. The first-order valence-electron chi connectivity index (χ1n) is 9.14. The smallest absolute Gasteiger partial charge is 0.490 e. The lowest BCUT2D eigenvalue weighted by molar-refractivity contribution is 0.00578. The summed E-state index contributed by atoms with van der Waals surface area (Å²) in [6, 6.07) is 6.40. The lowest BCUT2D eigenvalue weighted by atomic mass is 9.71. The summed E-state index contributed by atoms with van der Waals surface area (Å²) in [5.41, 5.74) is 3.28.